The van der Waals surface area contributed by atoms with Gasteiger partial charge >= 0.3 is 0 Å². The lowest BCUT2D eigenvalue weighted by molar-refractivity contribution is 0.211. The fraction of sp³-hybridized carbons (Fsp3) is 0.250. The van der Waals surface area contributed by atoms with E-state index in [9.17, 15) is 0 Å². The summed E-state index contributed by atoms with van der Waals surface area (Å²) in [5, 5.41) is 6.20. The fourth-order valence-electron chi connectivity index (χ4n) is 1.41. The average Bonchev–Trinajstić information content (AvgIpc) is 2.79. The molecule has 1 aromatic heterocycles. The zero-order chi connectivity index (χ0) is 12.1. The number of hydrogen-bond acceptors (Lipinski definition) is 4. The second-order valence-electron chi connectivity index (χ2n) is 3.44. The van der Waals surface area contributed by atoms with Crippen molar-refractivity contribution in [1.29, 1.82) is 0 Å². The number of ether oxygens (including phenoxy) is 1. The normalized spacial score (nSPS) is 10.5. The van der Waals surface area contributed by atoms with Crippen LogP contribution in [0.3, 0.4) is 0 Å². The van der Waals surface area contributed by atoms with E-state index >= 15 is 0 Å². The van der Waals surface area contributed by atoms with Crippen LogP contribution in [0.1, 0.15) is 0 Å². The number of anilines is 1. The highest BCUT2D eigenvalue weighted by molar-refractivity contribution is 9.10. The van der Waals surface area contributed by atoms with Crippen LogP contribution in [-0.2, 0) is 4.74 Å². The number of thiazole rings is 1. The molecule has 17 heavy (non-hydrogen) atoms. The molecule has 1 heterocycles. The molecule has 2 rings (SSSR count). The monoisotopic (exact) mass is 312 g/mol. The first-order valence-electron chi connectivity index (χ1n) is 5.24. The molecule has 90 valence electrons. The number of rotatable bonds is 5. The van der Waals surface area contributed by atoms with Gasteiger partial charge in [0, 0.05) is 29.1 Å². The maximum absolute atomic E-state index is 4.98. The Hall–Kier alpha value is -0.910. The summed E-state index contributed by atoms with van der Waals surface area (Å²) in [5.74, 6) is 0. The van der Waals surface area contributed by atoms with Crippen molar-refractivity contribution in [2.75, 3.05) is 25.6 Å². The van der Waals surface area contributed by atoms with E-state index in [1.807, 2.05) is 18.2 Å². The standard InChI is InChI=1S/C12H13BrN2OS/c1-16-7-6-14-12-15-11(8-17-12)9-4-2-3-5-10(9)13/h2-5,8H,6-7H2,1H3,(H,14,15). The van der Waals surface area contributed by atoms with Crippen molar-refractivity contribution in [1.82, 2.24) is 4.98 Å². The zero-order valence-electron chi connectivity index (χ0n) is 9.44. The maximum Gasteiger partial charge on any atom is 0.183 e. The molecule has 0 aliphatic rings. The van der Waals surface area contributed by atoms with Crippen molar-refractivity contribution in [3.05, 3.63) is 34.1 Å². The highest BCUT2D eigenvalue weighted by atomic mass is 79.9. The van der Waals surface area contributed by atoms with Crippen molar-refractivity contribution in [3.8, 4) is 11.3 Å². The Labute approximate surface area is 113 Å². The minimum absolute atomic E-state index is 0.684. The molecule has 0 spiro atoms. The van der Waals surface area contributed by atoms with E-state index in [1.165, 1.54) is 0 Å². The van der Waals surface area contributed by atoms with Crippen molar-refractivity contribution < 1.29 is 4.74 Å². The van der Waals surface area contributed by atoms with Crippen molar-refractivity contribution in [2.45, 2.75) is 0 Å². The van der Waals surface area contributed by atoms with Crippen molar-refractivity contribution >= 4 is 32.4 Å². The number of methoxy groups -OCH3 is 1. The van der Waals surface area contributed by atoms with E-state index in [4.69, 9.17) is 4.74 Å². The first-order valence-corrected chi connectivity index (χ1v) is 6.92. The van der Waals surface area contributed by atoms with Crippen LogP contribution < -0.4 is 5.32 Å². The van der Waals surface area contributed by atoms with Crippen molar-refractivity contribution in [3.63, 3.8) is 0 Å². The van der Waals surface area contributed by atoms with Crippen molar-refractivity contribution in [2.24, 2.45) is 0 Å². The topological polar surface area (TPSA) is 34.1 Å². The third-order valence-electron chi connectivity index (χ3n) is 2.24. The van der Waals surface area contributed by atoms with Crippen LogP contribution in [0.5, 0.6) is 0 Å². The Morgan fingerprint density at radius 3 is 3.00 bits per heavy atom. The SMILES string of the molecule is COCCNc1nc(-c2ccccc2Br)cs1. The van der Waals surface area contributed by atoms with Crippen LogP contribution in [0.15, 0.2) is 34.1 Å². The molecular weight excluding hydrogens is 300 g/mol. The van der Waals surface area contributed by atoms with Crippen LogP contribution >= 0.6 is 27.3 Å². The largest absolute Gasteiger partial charge is 0.383 e. The quantitative estimate of drug-likeness (QED) is 0.856. The zero-order valence-corrected chi connectivity index (χ0v) is 11.8. The summed E-state index contributed by atoms with van der Waals surface area (Å²) in [6.07, 6.45) is 0. The van der Waals surface area contributed by atoms with E-state index in [0.717, 1.165) is 27.4 Å². The molecule has 3 nitrogen and oxygen atoms in total. The van der Waals surface area contributed by atoms with E-state index in [2.05, 4.69) is 37.7 Å². The summed E-state index contributed by atoms with van der Waals surface area (Å²) in [6, 6.07) is 8.08. The third-order valence-corrected chi connectivity index (χ3v) is 3.73. The Morgan fingerprint density at radius 1 is 1.41 bits per heavy atom. The van der Waals surface area contributed by atoms with Gasteiger partial charge in [-0.15, -0.1) is 11.3 Å². The lowest BCUT2D eigenvalue weighted by atomic mass is 10.2. The molecular formula is C12H13BrN2OS. The van der Waals surface area contributed by atoms with Crippen LogP contribution in [-0.4, -0.2) is 25.2 Å². The van der Waals surface area contributed by atoms with Gasteiger partial charge in [0.1, 0.15) is 0 Å². The molecule has 0 unspecified atom stereocenters. The Balaban J connectivity index is 2.10. The van der Waals surface area contributed by atoms with Crippen LogP contribution in [0.4, 0.5) is 5.13 Å². The molecule has 0 aliphatic carbocycles. The molecule has 5 heteroatoms. The molecule has 0 amide bonds. The molecule has 0 radical (unpaired) electrons. The predicted molar refractivity (Wildman–Crippen MR) is 75.6 cm³/mol. The molecule has 1 aromatic carbocycles. The minimum Gasteiger partial charge on any atom is -0.383 e. The first kappa shape index (κ1) is 12.5. The molecule has 0 atom stereocenters. The van der Waals surface area contributed by atoms with Gasteiger partial charge in [-0.3, -0.25) is 0 Å². The number of hydrogen-bond donors (Lipinski definition) is 1. The number of aromatic nitrogens is 1. The molecule has 0 aliphatic heterocycles. The number of halogens is 1. The Morgan fingerprint density at radius 2 is 2.24 bits per heavy atom. The number of nitrogens with zero attached hydrogens (tertiary/aromatic N) is 1. The first-order chi connectivity index (χ1) is 8.31. The lowest BCUT2D eigenvalue weighted by Crippen LogP contribution is -2.06. The Bertz CT molecular complexity index is 487. The van der Waals surface area contributed by atoms with Gasteiger partial charge in [0.2, 0.25) is 0 Å². The molecule has 0 saturated heterocycles. The van der Waals surface area contributed by atoms with Gasteiger partial charge in [0.05, 0.1) is 12.3 Å². The van der Waals surface area contributed by atoms with Crippen LogP contribution in [0.25, 0.3) is 11.3 Å². The third kappa shape index (κ3) is 3.28. The smallest absolute Gasteiger partial charge is 0.183 e. The molecule has 0 bridgehead atoms. The van der Waals surface area contributed by atoms with Crippen LogP contribution in [0.2, 0.25) is 0 Å². The highest BCUT2D eigenvalue weighted by Gasteiger charge is 2.06. The summed E-state index contributed by atoms with van der Waals surface area (Å²) < 4.78 is 6.04. The summed E-state index contributed by atoms with van der Waals surface area (Å²) in [7, 11) is 1.69. The molecule has 0 fully saturated rings. The summed E-state index contributed by atoms with van der Waals surface area (Å²) in [5.41, 5.74) is 2.10. The second kappa shape index (κ2) is 6.14. The van der Waals surface area contributed by atoms with E-state index in [0.29, 0.717) is 6.61 Å². The number of nitrogens with one attached hydrogen (secondary N) is 1. The highest BCUT2D eigenvalue weighted by Crippen LogP contribution is 2.30. The molecule has 0 saturated carbocycles. The average molecular weight is 313 g/mol. The van der Waals surface area contributed by atoms with Gasteiger partial charge in [0.25, 0.3) is 0 Å². The van der Waals surface area contributed by atoms with Crippen LogP contribution in [0, 0.1) is 0 Å². The molecule has 1 N–H and O–H groups in total. The van der Waals surface area contributed by atoms with Gasteiger partial charge in [0.15, 0.2) is 5.13 Å². The van der Waals surface area contributed by atoms with E-state index in [-0.39, 0.29) is 0 Å². The maximum atomic E-state index is 4.98. The van der Waals surface area contributed by atoms with Gasteiger partial charge < -0.3 is 10.1 Å². The summed E-state index contributed by atoms with van der Waals surface area (Å²) in [6.45, 7) is 1.46. The summed E-state index contributed by atoms with van der Waals surface area (Å²) >= 11 is 5.14. The van der Waals surface area contributed by atoms with E-state index in [1.54, 1.807) is 18.4 Å². The molecule has 2 aromatic rings. The summed E-state index contributed by atoms with van der Waals surface area (Å²) in [4.78, 5) is 4.53. The minimum atomic E-state index is 0.684. The van der Waals surface area contributed by atoms with Gasteiger partial charge in [-0.05, 0) is 6.07 Å². The Kier molecular flexibility index (Phi) is 4.53. The predicted octanol–water partition coefficient (Wildman–Crippen LogP) is 3.63. The van der Waals surface area contributed by atoms with Gasteiger partial charge in [-0.2, -0.15) is 0 Å². The lowest BCUT2D eigenvalue weighted by Gasteiger charge is -2.01. The fourth-order valence-corrected chi connectivity index (χ4v) is 2.63. The second-order valence-corrected chi connectivity index (χ2v) is 5.15. The van der Waals surface area contributed by atoms with Gasteiger partial charge in [-0.1, -0.05) is 34.1 Å². The van der Waals surface area contributed by atoms with E-state index < -0.39 is 0 Å². The number of benzene rings is 1. The van der Waals surface area contributed by atoms with Gasteiger partial charge in [-0.25, -0.2) is 4.98 Å².